The fraction of sp³-hybridized carbons (Fsp3) is 0.0800. The Bertz CT molecular complexity index is 1180. The number of hydrogen-bond donors (Lipinski definition) is 2. The van der Waals surface area contributed by atoms with Gasteiger partial charge in [-0.3, -0.25) is 0 Å². The van der Waals surface area contributed by atoms with Crippen LogP contribution < -0.4 is 5.43 Å². The van der Waals surface area contributed by atoms with E-state index in [4.69, 9.17) is 0 Å². The molecule has 1 heterocycles. The lowest BCUT2D eigenvalue weighted by molar-refractivity contribution is 0.475. The first kappa shape index (κ1) is 19.3. The first-order chi connectivity index (χ1) is 14.6. The molecule has 0 bridgehead atoms. The Labute approximate surface area is 175 Å². The van der Waals surface area contributed by atoms with Crippen molar-refractivity contribution in [3.63, 3.8) is 0 Å². The van der Waals surface area contributed by atoms with Gasteiger partial charge in [-0.05, 0) is 55.8 Å². The molecule has 5 heteroatoms. The zero-order chi connectivity index (χ0) is 20.9. The van der Waals surface area contributed by atoms with Crippen molar-refractivity contribution in [3.8, 4) is 28.3 Å². The first-order valence-electron chi connectivity index (χ1n) is 9.68. The van der Waals surface area contributed by atoms with E-state index in [1.165, 1.54) is 11.1 Å². The van der Waals surface area contributed by atoms with E-state index < -0.39 is 0 Å². The van der Waals surface area contributed by atoms with Crippen LogP contribution >= 0.6 is 0 Å². The number of rotatable bonds is 5. The highest BCUT2D eigenvalue weighted by molar-refractivity contribution is 5.80. The van der Waals surface area contributed by atoms with Gasteiger partial charge < -0.3 is 5.11 Å². The summed E-state index contributed by atoms with van der Waals surface area (Å²) >= 11 is 0. The highest BCUT2D eigenvalue weighted by Gasteiger charge is 2.09. The van der Waals surface area contributed by atoms with E-state index in [2.05, 4.69) is 70.7 Å². The molecule has 4 rings (SSSR count). The summed E-state index contributed by atoms with van der Waals surface area (Å²) in [7, 11) is 0. The maximum atomic E-state index is 9.39. The summed E-state index contributed by atoms with van der Waals surface area (Å²) in [6.45, 7) is 4.12. The molecule has 0 saturated heterocycles. The molecule has 0 saturated carbocycles. The van der Waals surface area contributed by atoms with Crippen molar-refractivity contribution in [2.45, 2.75) is 13.8 Å². The lowest BCUT2D eigenvalue weighted by Gasteiger charge is -2.09. The molecular formula is C25H22N4O. The van der Waals surface area contributed by atoms with Crippen molar-refractivity contribution < 1.29 is 5.11 Å². The Morgan fingerprint density at radius 2 is 1.47 bits per heavy atom. The predicted octanol–water partition coefficient (Wildman–Crippen LogP) is 5.58. The molecule has 2 N–H and O–H groups in total. The number of hydrogen-bond acceptors (Lipinski definition) is 5. The Balaban J connectivity index is 1.69. The fourth-order valence-electron chi connectivity index (χ4n) is 3.05. The number of nitrogens with one attached hydrogen (secondary N) is 1. The number of nitrogens with zero attached hydrogens (tertiary/aromatic N) is 3. The molecule has 0 aliphatic heterocycles. The van der Waals surface area contributed by atoms with E-state index in [0.717, 1.165) is 28.1 Å². The predicted molar refractivity (Wildman–Crippen MR) is 122 cm³/mol. The third-order valence-electron chi connectivity index (χ3n) is 4.66. The molecule has 0 aliphatic carbocycles. The van der Waals surface area contributed by atoms with Crippen LogP contribution in [0.3, 0.4) is 0 Å². The van der Waals surface area contributed by atoms with Crippen LogP contribution in [-0.2, 0) is 0 Å². The number of aromatic nitrogens is 2. The van der Waals surface area contributed by atoms with Crippen LogP contribution in [0.2, 0.25) is 0 Å². The SMILES string of the molecule is Cc1ccc(-c2cc(-c3cccc(C)c3)nc(N/N=C/c3ccc(O)cc3)n2)cc1. The molecule has 0 aliphatic rings. The molecule has 0 unspecified atom stereocenters. The normalized spacial score (nSPS) is 11.0. The molecular weight excluding hydrogens is 372 g/mol. The fourth-order valence-corrected chi connectivity index (χ4v) is 3.05. The standard InChI is InChI=1S/C25H22N4O/c1-17-6-10-20(11-7-17)23-15-24(21-5-3-4-18(2)14-21)28-25(27-23)29-26-16-19-8-12-22(30)13-9-19/h3-16,30H,1-2H3,(H,27,28,29)/b26-16+. The van der Waals surface area contributed by atoms with Gasteiger partial charge >= 0.3 is 0 Å². The van der Waals surface area contributed by atoms with Crippen LogP contribution in [0.4, 0.5) is 5.95 Å². The molecule has 0 spiro atoms. The highest BCUT2D eigenvalue weighted by Crippen LogP contribution is 2.26. The average Bonchev–Trinajstić information content (AvgIpc) is 2.75. The lowest BCUT2D eigenvalue weighted by Crippen LogP contribution is -2.00. The molecule has 148 valence electrons. The van der Waals surface area contributed by atoms with Gasteiger partial charge in [0.15, 0.2) is 0 Å². The minimum Gasteiger partial charge on any atom is -0.508 e. The van der Waals surface area contributed by atoms with Crippen LogP contribution in [0.1, 0.15) is 16.7 Å². The van der Waals surface area contributed by atoms with E-state index in [9.17, 15) is 5.11 Å². The third-order valence-corrected chi connectivity index (χ3v) is 4.66. The third kappa shape index (κ3) is 4.70. The number of phenols is 1. The van der Waals surface area contributed by atoms with Crippen LogP contribution in [0.25, 0.3) is 22.5 Å². The number of aryl methyl sites for hydroxylation is 2. The molecule has 4 aromatic rings. The number of hydrazone groups is 1. The smallest absolute Gasteiger partial charge is 0.244 e. The van der Waals surface area contributed by atoms with Gasteiger partial charge in [-0.2, -0.15) is 5.10 Å². The Morgan fingerprint density at radius 1 is 0.767 bits per heavy atom. The van der Waals surface area contributed by atoms with Crippen molar-refractivity contribution in [2.75, 3.05) is 5.43 Å². The van der Waals surface area contributed by atoms with E-state index in [0.29, 0.717) is 5.95 Å². The van der Waals surface area contributed by atoms with E-state index in [1.807, 2.05) is 18.2 Å². The number of aromatic hydroxyl groups is 1. The Hall–Kier alpha value is -3.99. The minimum atomic E-state index is 0.219. The largest absolute Gasteiger partial charge is 0.508 e. The van der Waals surface area contributed by atoms with Gasteiger partial charge in [-0.15, -0.1) is 0 Å². The summed E-state index contributed by atoms with van der Waals surface area (Å²) in [5.41, 5.74) is 9.85. The van der Waals surface area contributed by atoms with E-state index in [-0.39, 0.29) is 5.75 Å². The lowest BCUT2D eigenvalue weighted by atomic mass is 10.1. The summed E-state index contributed by atoms with van der Waals surface area (Å²) in [4.78, 5) is 9.31. The van der Waals surface area contributed by atoms with Crippen LogP contribution in [0.5, 0.6) is 5.75 Å². The molecule has 0 radical (unpaired) electrons. The zero-order valence-electron chi connectivity index (χ0n) is 16.9. The second kappa shape index (κ2) is 8.57. The molecule has 0 amide bonds. The second-order valence-electron chi connectivity index (χ2n) is 7.16. The van der Waals surface area contributed by atoms with Crippen LogP contribution in [0, 0.1) is 13.8 Å². The van der Waals surface area contributed by atoms with Crippen molar-refractivity contribution in [1.82, 2.24) is 9.97 Å². The molecule has 3 aromatic carbocycles. The number of benzene rings is 3. The van der Waals surface area contributed by atoms with Gasteiger partial charge in [0.05, 0.1) is 17.6 Å². The summed E-state index contributed by atoms with van der Waals surface area (Å²) < 4.78 is 0. The van der Waals surface area contributed by atoms with E-state index in [1.54, 1.807) is 30.5 Å². The van der Waals surface area contributed by atoms with Gasteiger partial charge in [-0.1, -0.05) is 53.6 Å². The van der Waals surface area contributed by atoms with Gasteiger partial charge in [0.1, 0.15) is 5.75 Å². The molecule has 30 heavy (non-hydrogen) atoms. The number of phenolic OH excluding ortho intramolecular Hbond substituents is 1. The second-order valence-corrected chi connectivity index (χ2v) is 7.16. The summed E-state index contributed by atoms with van der Waals surface area (Å²) in [6, 6.07) is 25.3. The molecule has 5 nitrogen and oxygen atoms in total. The maximum Gasteiger partial charge on any atom is 0.244 e. The molecule has 0 atom stereocenters. The summed E-state index contributed by atoms with van der Waals surface area (Å²) in [5.74, 6) is 0.636. The topological polar surface area (TPSA) is 70.4 Å². The summed E-state index contributed by atoms with van der Waals surface area (Å²) in [6.07, 6.45) is 1.66. The maximum absolute atomic E-state index is 9.39. The number of anilines is 1. The van der Waals surface area contributed by atoms with Gasteiger partial charge in [0.2, 0.25) is 5.95 Å². The molecule has 1 aromatic heterocycles. The van der Waals surface area contributed by atoms with Gasteiger partial charge in [-0.25, -0.2) is 15.4 Å². The molecule has 0 fully saturated rings. The minimum absolute atomic E-state index is 0.219. The van der Waals surface area contributed by atoms with E-state index >= 15 is 0 Å². The zero-order valence-corrected chi connectivity index (χ0v) is 16.9. The quantitative estimate of drug-likeness (QED) is 0.342. The van der Waals surface area contributed by atoms with Gasteiger partial charge in [0, 0.05) is 11.1 Å². The van der Waals surface area contributed by atoms with Gasteiger partial charge in [0.25, 0.3) is 0 Å². The van der Waals surface area contributed by atoms with Crippen LogP contribution in [0.15, 0.2) is 84.0 Å². The first-order valence-corrected chi connectivity index (χ1v) is 9.68. The van der Waals surface area contributed by atoms with Crippen molar-refractivity contribution in [1.29, 1.82) is 0 Å². The van der Waals surface area contributed by atoms with Crippen molar-refractivity contribution in [2.24, 2.45) is 5.10 Å². The Morgan fingerprint density at radius 3 is 2.17 bits per heavy atom. The Kier molecular flexibility index (Phi) is 5.52. The monoisotopic (exact) mass is 394 g/mol. The summed E-state index contributed by atoms with van der Waals surface area (Å²) in [5, 5.41) is 13.7. The average molecular weight is 394 g/mol. The van der Waals surface area contributed by atoms with Crippen molar-refractivity contribution >= 4 is 12.2 Å². The highest BCUT2D eigenvalue weighted by atomic mass is 16.3. The van der Waals surface area contributed by atoms with Crippen molar-refractivity contribution in [3.05, 3.63) is 95.6 Å². The van der Waals surface area contributed by atoms with Crippen LogP contribution in [-0.4, -0.2) is 21.3 Å².